The van der Waals surface area contributed by atoms with Gasteiger partial charge in [-0.1, -0.05) is 29.8 Å². The summed E-state index contributed by atoms with van der Waals surface area (Å²) in [5, 5.41) is 2.88. The van der Waals surface area contributed by atoms with Gasteiger partial charge in [0, 0.05) is 22.8 Å². The molecule has 0 aliphatic carbocycles. The van der Waals surface area contributed by atoms with Crippen LogP contribution in [0.15, 0.2) is 60.2 Å². The molecule has 0 spiro atoms. The molecule has 0 saturated heterocycles. The first-order valence-corrected chi connectivity index (χ1v) is 9.15. The molecule has 132 valence electrons. The van der Waals surface area contributed by atoms with Crippen LogP contribution in [0.5, 0.6) is 5.75 Å². The van der Waals surface area contributed by atoms with E-state index in [4.69, 9.17) is 4.74 Å². The number of benzene rings is 2. The molecule has 0 fully saturated rings. The SMILES string of the molecule is Cc1cccc(COc2ccc(NC(=O)/C=C/c3cncs3)c(C)c2)c1. The van der Waals surface area contributed by atoms with Gasteiger partial charge in [-0.3, -0.25) is 9.78 Å². The van der Waals surface area contributed by atoms with E-state index in [1.807, 2.05) is 37.3 Å². The van der Waals surface area contributed by atoms with Crippen molar-refractivity contribution in [1.82, 2.24) is 4.98 Å². The first-order valence-electron chi connectivity index (χ1n) is 8.27. The van der Waals surface area contributed by atoms with Crippen molar-refractivity contribution in [2.45, 2.75) is 20.5 Å². The minimum absolute atomic E-state index is 0.171. The number of aryl methyl sites for hydroxylation is 2. The van der Waals surface area contributed by atoms with E-state index < -0.39 is 0 Å². The zero-order valence-corrected chi connectivity index (χ0v) is 15.5. The molecule has 1 heterocycles. The molecular weight excluding hydrogens is 344 g/mol. The molecule has 1 aromatic heterocycles. The number of hydrogen-bond acceptors (Lipinski definition) is 4. The van der Waals surface area contributed by atoms with Crippen LogP contribution in [0, 0.1) is 13.8 Å². The van der Waals surface area contributed by atoms with Crippen molar-refractivity contribution in [2.75, 3.05) is 5.32 Å². The third kappa shape index (κ3) is 5.04. The lowest BCUT2D eigenvalue weighted by Gasteiger charge is -2.11. The second kappa shape index (κ2) is 8.45. The smallest absolute Gasteiger partial charge is 0.248 e. The monoisotopic (exact) mass is 364 g/mol. The fourth-order valence-electron chi connectivity index (χ4n) is 2.47. The first kappa shape index (κ1) is 17.9. The van der Waals surface area contributed by atoms with Crippen LogP contribution in [-0.4, -0.2) is 10.9 Å². The Morgan fingerprint density at radius 1 is 1.23 bits per heavy atom. The highest BCUT2D eigenvalue weighted by Crippen LogP contribution is 2.22. The van der Waals surface area contributed by atoms with Gasteiger partial charge in [0.1, 0.15) is 12.4 Å². The molecular formula is C21H20N2O2S. The number of rotatable bonds is 6. The summed E-state index contributed by atoms with van der Waals surface area (Å²) in [4.78, 5) is 17.0. The maximum absolute atomic E-state index is 12.0. The van der Waals surface area contributed by atoms with Gasteiger partial charge in [0.25, 0.3) is 0 Å². The zero-order chi connectivity index (χ0) is 18.4. The van der Waals surface area contributed by atoms with Crippen LogP contribution < -0.4 is 10.1 Å². The predicted molar refractivity (Wildman–Crippen MR) is 106 cm³/mol. The lowest BCUT2D eigenvalue weighted by Crippen LogP contribution is -2.09. The van der Waals surface area contributed by atoms with Gasteiger partial charge in [-0.25, -0.2) is 0 Å². The topological polar surface area (TPSA) is 51.2 Å². The van der Waals surface area contributed by atoms with Crippen LogP contribution in [-0.2, 0) is 11.4 Å². The van der Waals surface area contributed by atoms with Crippen LogP contribution in [0.4, 0.5) is 5.69 Å². The van der Waals surface area contributed by atoms with Crippen molar-refractivity contribution in [3.63, 3.8) is 0 Å². The molecule has 1 N–H and O–H groups in total. The average Bonchev–Trinajstić information content (AvgIpc) is 3.14. The molecule has 5 heteroatoms. The number of nitrogens with one attached hydrogen (secondary N) is 1. The van der Waals surface area contributed by atoms with E-state index >= 15 is 0 Å². The van der Waals surface area contributed by atoms with E-state index in [1.54, 1.807) is 17.8 Å². The van der Waals surface area contributed by atoms with E-state index in [0.717, 1.165) is 27.4 Å². The largest absolute Gasteiger partial charge is 0.489 e. The highest BCUT2D eigenvalue weighted by Gasteiger charge is 2.04. The van der Waals surface area contributed by atoms with Gasteiger partial charge < -0.3 is 10.1 Å². The van der Waals surface area contributed by atoms with Gasteiger partial charge in [-0.2, -0.15) is 0 Å². The van der Waals surface area contributed by atoms with Crippen LogP contribution >= 0.6 is 11.3 Å². The van der Waals surface area contributed by atoms with Gasteiger partial charge in [-0.05, 0) is 49.2 Å². The van der Waals surface area contributed by atoms with E-state index in [-0.39, 0.29) is 5.91 Å². The molecule has 3 aromatic rings. The summed E-state index contributed by atoms with van der Waals surface area (Å²) in [5.74, 6) is 0.608. The molecule has 0 atom stereocenters. The summed E-state index contributed by atoms with van der Waals surface area (Å²) in [6.07, 6.45) is 4.98. The lowest BCUT2D eigenvalue weighted by atomic mass is 10.1. The summed E-state index contributed by atoms with van der Waals surface area (Å²) in [5.41, 5.74) is 5.80. The zero-order valence-electron chi connectivity index (χ0n) is 14.7. The number of carbonyl (C=O) groups excluding carboxylic acids is 1. The fourth-order valence-corrected chi connectivity index (χ4v) is 2.99. The van der Waals surface area contributed by atoms with E-state index in [0.29, 0.717) is 6.61 Å². The van der Waals surface area contributed by atoms with Crippen molar-refractivity contribution >= 4 is 29.0 Å². The molecule has 0 unspecified atom stereocenters. The van der Waals surface area contributed by atoms with Crippen LogP contribution in [0.25, 0.3) is 6.08 Å². The summed E-state index contributed by atoms with van der Waals surface area (Å²) in [6, 6.07) is 13.9. The Hall–Kier alpha value is -2.92. The molecule has 0 bridgehead atoms. The Bertz CT molecular complexity index is 918. The quantitative estimate of drug-likeness (QED) is 0.627. The van der Waals surface area contributed by atoms with Crippen LogP contribution in [0.2, 0.25) is 0 Å². The van der Waals surface area contributed by atoms with Crippen LogP contribution in [0.3, 0.4) is 0 Å². The summed E-state index contributed by atoms with van der Waals surface area (Å²) >= 11 is 1.49. The minimum atomic E-state index is -0.171. The molecule has 1 amide bonds. The number of anilines is 1. The summed E-state index contributed by atoms with van der Waals surface area (Å²) < 4.78 is 5.85. The molecule has 0 aliphatic heterocycles. The second-order valence-corrected chi connectivity index (χ2v) is 6.90. The molecule has 0 aliphatic rings. The molecule has 0 saturated carbocycles. The number of thiazole rings is 1. The predicted octanol–water partition coefficient (Wildman–Crippen LogP) is 4.99. The number of carbonyl (C=O) groups is 1. The first-order chi connectivity index (χ1) is 12.6. The van der Waals surface area contributed by atoms with Gasteiger partial charge in [0.05, 0.1) is 5.51 Å². The van der Waals surface area contributed by atoms with E-state index in [1.165, 1.54) is 23.0 Å². The van der Waals surface area contributed by atoms with Crippen molar-refractivity contribution in [3.8, 4) is 5.75 Å². The van der Waals surface area contributed by atoms with Gasteiger partial charge in [0.15, 0.2) is 0 Å². The second-order valence-electron chi connectivity index (χ2n) is 5.98. The number of amides is 1. The Balaban J connectivity index is 1.59. The Morgan fingerprint density at radius 2 is 2.12 bits per heavy atom. The maximum Gasteiger partial charge on any atom is 0.248 e. The third-order valence-corrected chi connectivity index (χ3v) is 4.53. The summed E-state index contributed by atoms with van der Waals surface area (Å²) in [6.45, 7) is 4.53. The highest BCUT2D eigenvalue weighted by molar-refractivity contribution is 7.10. The number of nitrogens with zero attached hydrogens (tertiary/aromatic N) is 1. The maximum atomic E-state index is 12.0. The van der Waals surface area contributed by atoms with E-state index in [2.05, 4.69) is 29.4 Å². The molecule has 26 heavy (non-hydrogen) atoms. The average molecular weight is 364 g/mol. The van der Waals surface area contributed by atoms with Gasteiger partial charge in [-0.15, -0.1) is 11.3 Å². The third-order valence-electron chi connectivity index (χ3n) is 3.79. The Labute approximate surface area is 157 Å². The molecule has 2 aromatic carbocycles. The lowest BCUT2D eigenvalue weighted by molar-refractivity contribution is -0.111. The Kier molecular flexibility index (Phi) is 5.81. The van der Waals surface area contributed by atoms with Crippen molar-refractivity contribution < 1.29 is 9.53 Å². The van der Waals surface area contributed by atoms with Crippen molar-refractivity contribution in [2.24, 2.45) is 0 Å². The van der Waals surface area contributed by atoms with E-state index in [9.17, 15) is 4.79 Å². The molecule has 0 radical (unpaired) electrons. The molecule has 3 rings (SSSR count). The van der Waals surface area contributed by atoms with Crippen molar-refractivity contribution in [1.29, 1.82) is 0 Å². The van der Waals surface area contributed by atoms with Crippen LogP contribution in [0.1, 0.15) is 21.6 Å². The normalized spacial score (nSPS) is 10.8. The number of hydrogen-bond donors (Lipinski definition) is 1. The van der Waals surface area contributed by atoms with Gasteiger partial charge in [0.2, 0.25) is 5.91 Å². The fraction of sp³-hybridized carbons (Fsp3) is 0.143. The highest BCUT2D eigenvalue weighted by atomic mass is 32.1. The number of aromatic nitrogens is 1. The minimum Gasteiger partial charge on any atom is -0.489 e. The molecule has 4 nitrogen and oxygen atoms in total. The van der Waals surface area contributed by atoms with Crippen molar-refractivity contribution in [3.05, 3.63) is 81.8 Å². The standard InChI is InChI=1S/C21H20N2O2S/c1-15-4-3-5-17(10-15)13-25-18-6-8-20(16(2)11-18)23-21(24)9-7-19-12-22-14-26-19/h3-12,14H,13H2,1-2H3,(H,23,24)/b9-7+. The summed E-state index contributed by atoms with van der Waals surface area (Å²) in [7, 11) is 0. The van der Waals surface area contributed by atoms with Gasteiger partial charge >= 0.3 is 0 Å². The number of ether oxygens (including phenoxy) is 1. The Morgan fingerprint density at radius 3 is 2.85 bits per heavy atom.